The normalized spacial score (nSPS) is 12.5. The maximum absolute atomic E-state index is 12.1. The first kappa shape index (κ1) is 15.9. The van der Waals surface area contributed by atoms with E-state index < -0.39 is 0 Å². The summed E-state index contributed by atoms with van der Waals surface area (Å²) in [5.74, 6) is 1.20. The van der Waals surface area contributed by atoms with E-state index in [1.54, 1.807) is 12.1 Å². The third-order valence-electron chi connectivity index (χ3n) is 3.10. The summed E-state index contributed by atoms with van der Waals surface area (Å²) in [6.07, 6.45) is 0.660. The van der Waals surface area contributed by atoms with E-state index in [0.717, 1.165) is 0 Å². The van der Waals surface area contributed by atoms with Crippen LogP contribution in [0.25, 0.3) is 0 Å². The number of amides is 2. The van der Waals surface area contributed by atoms with Crippen LogP contribution in [0.3, 0.4) is 0 Å². The van der Waals surface area contributed by atoms with Crippen molar-refractivity contribution in [2.75, 3.05) is 33.4 Å². The molecule has 1 heterocycles. The zero-order chi connectivity index (χ0) is 15.9. The molecule has 0 bridgehead atoms. The van der Waals surface area contributed by atoms with Crippen molar-refractivity contribution in [3.05, 3.63) is 17.7 Å². The van der Waals surface area contributed by atoms with Crippen LogP contribution in [0.1, 0.15) is 23.7 Å². The SMILES string of the molecule is COc1cc(C(=O)NCCCNC(C)=O)cc2c1OCCO2. The van der Waals surface area contributed by atoms with E-state index in [-0.39, 0.29) is 11.8 Å². The molecule has 0 saturated heterocycles. The first-order chi connectivity index (χ1) is 10.6. The fraction of sp³-hybridized carbons (Fsp3) is 0.467. The van der Waals surface area contributed by atoms with Gasteiger partial charge in [-0.05, 0) is 18.6 Å². The zero-order valence-electron chi connectivity index (χ0n) is 12.7. The van der Waals surface area contributed by atoms with Crippen molar-refractivity contribution in [1.82, 2.24) is 10.6 Å². The summed E-state index contributed by atoms with van der Waals surface area (Å²) >= 11 is 0. The number of methoxy groups -OCH3 is 1. The first-order valence-corrected chi connectivity index (χ1v) is 7.12. The number of ether oxygens (including phenoxy) is 3. The highest BCUT2D eigenvalue weighted by atomic mass is 16.6. The third-order valence-corrected chi connectivity index (χ3v) is 3.10. The van der Waals surface area contributed by atoms with Crippen molar-refractivity contribution in [3.8, 4) is 17.2 Å². The minimum atomic E-state index is -0.224. The quantitative estimate of drug-likeness (QED) is 0.756. The summed E-state index contributed by atoms with van der Waals surface area (Å²) in [6.45, 7) is 3.35. The smallest absolute Gasteiger partial charge is 0.251 e. The number of carbonyl (C=O) groups excluding carboxylic acids is 2. The summed E-state index contributed by atoms with van der Waals surface area (Å²) in [5.41, 5.74) is 0.445. The molecule has 1 aromatic rings. The summed E-state index contributed by atoms with van der Waals surface area (Å²) in [7, 11) is 1.52. The highest BCUT2D eigenvalue weighted by Gasteiger charge is 2.20. The van der Waals surface area contributed by atoms with Gasteiger partial charge in [0.1, 0.15) is 13.2 Å². The number of nitrogens with one attached hydrogen (secondary N) is 2. The fourth-order valence-corrected chi connectivity index (χ4v) is 2.06. The molecule has 0 aliphatic carbocycles. The summed E-state index contributed by atoms with van der Waals surface area (Å²) in [5, 5.41) is 5.46. The van der Waals surface area contributed by atoms with E-state index in [0.29, 0.717) is 55.5 Å². The Bertz CT molecular complexity index is 542. The lowest BCUT2D eigenvalue weighted by molar-refractivity contribution is -0.118. The Hall–Kier alpha value is -2.44. The van der Waals surface area contributed by atoms with Crippen LogP contribution in [0.4, 0.5) is 0 Å². The van der Waals surface area contributed by atoms with Gasteiger partial charge >= 0.3 is 0 Å². The summed E-state index contributed by atoms with van der Waals surface area (Å²) < 4.78 is 16.2. The molecule has 1 aliphatic rings. The van der Waals surface area contributed by atoms with Gasteiger partial charge in [0.15, 0.2) is 11.5 Å². The molecule has 7 heteroatoms. The van der Waals surface area contributed by atoms with Crippen molar-refractivity contribution in [2.45, 2.75) is 13.3 Å². The summed E-state index contributed by atoms with van der Waals surface area (Å²) in [4.78, 5) is 22.9. The molecule has 0 saturated carbocycles. The molecule has 7 nitrogen and oxygen atoms in total. The Balaban J connectivity index is 1.96. The predicted molar refractivity (Wildman–Crippen MR) is 79.6 cm³/mol. The average Bonchev–Trinajstić information content (AvgIpc) is 2.52. The fourth-order valence-electron chi connectivity index (χ4n) is 2.06. The van der Waals surface area contributed by atoms with Crippen LogP contribution < -0.4 is 24.8 Å². The Morgan fingerprint density at radius 3 is 2.64 bits per heavy atom. The van der Waals surface area contributed by atoms with Gasteiger partial charge in [-0.3, -0.25) is 9.59 Å². The van der Waals surface area contributed by atoms with Crippen LogP contribution in [0.5, 0.6) is 17.2 Å². The van der Waals surface area contributed by atoms with Crippen LogP contribution in [-0.4, -0.2) is 45.2 Å². The average molecular weight is 308 g/mol. The van der Waals surface area contributed by atoms with E-state index in [1.165, 1.54) is 14.0 Å². The topological polar surface area (TPSA) is 85.9 Å². The largest absolute Gasteiger partial charge is 0.493 e. The Labute approximate surface area is 128 Å². The molecule has 1 aliphatic heterocycles. The van der Waals surface area contributed by atoms with E-state index in [1.807, 2.05) is 0 Å². The van der Waals surface area contributed by atoms with Gasteiger partial charge in [0.05, 0.1) is 7.11 Å². The van der Waals surface area contributed by atoms with Gasteiger partial charge < -0.3 is 24.8 Å². The van der Waals surface area contributed by atoms with E-state index in [4.69, 9.17) is 14.2 Å². The van der Waals surface area contributed by atoms with E-state index in [2.05, 4.69) is 10.6 Å². The third kappa shape index (κ3) is 4.03. The molecule has 120 valence electrons. The molecule has 2 amide bonds. The molecule has 22 heavy (non-hydrogen) atoms. The monoisotopic (exact) mass is 308 g/mol. The van der Waals surface area contributed by atoms with Crippen LogP contribution in [0.15, 0.2) is 12.1 Å². The molecule has 0 spiro atoms. The van der Waals surface area contributed by atoms with Gasteiger partial charge in [0.25, 0.3) is 5.91 Å². The van der Waals surface area contributed by atoms with Gasteiger partial charge in [0, 0.05) is 25.6 Å². The molecule has 0 aromatic heterocycles. The molecule has 0 unspecified atom stereocenters. The number of rotatable bonds is 6. The van der Waals surface area contributed by atoms with Gasteiger partial charge in [-0.25, -0.2) is 0 Å². The number of benzene rings is 1. The minimum Gasteiger partial charge on any atom is -0.493 e. The molecule has 0 fully saturated rings. The molecule has 2 rings (SSSR count). The maximum Gasteiger partial charge on any atom is 0.251 e. The first-order valence-electron chi connectivity index (χ1n) is 7.12. The van der Waals surface area contributed by atoms with Crippen molar-refractivity contribution in [1.29, 1.82) is 0 Å². The minimum absolute atomic E-state index is 0.0806. The number of hydrogen-bond donors (Lipinski definition) is 2. The van der Waals surface area contributed by atoms with Crippen molar-refractivity contribution < 1.29 is 23.8 Å². The predicted octanol–water partition coefficient (Wildman–Crippen LogP) is 0.722. The van der Waals surface area contributed by atoms with Crippen molar-refractivity contribution >= 4 is 11.8 Å². The molecule has 0 radical (unpaired) electrons. The molecule has 0 atom stereocenters. The maximum atomic E-state index is 12.1. The van der Waals surface area contributed by atoms with Gasteiger partial charge in [-0.2, -0.15) is 0 Å². The Morgan fingerprint density at radius 1 is 1.18 bits per heavy atom. The highest BCUT2D eigenvalue weighted by molar-refractivity contribution is 5.95. The second-order valence-electron chi connectivity index (χ2n) is 4.80. The van der Waals surface area contributed by atoms with Crippen LogP contribution >= 0.6 is 0 Å². The van der Waals surface area contributed by atoms with Crippen LogP contribution in [0.2, 0.25) is 0 Å². The van der Waals surface area contributed by atoms with Crippen LogP contribution in [0, 0.1) is 0 Å². The van der Waals surface area contributed by atoms with Gasteiger partial charge in [0.2, 0.25) is 11.7 Å². The summed E-state index contributed by atoms with van der Waals surface area (Å²) in [6, 6.07) is 3.26. The van der Waals surface area contributed by atoms with E-state index >= 15 is 0 Å². The van der Waals surface area contributed by atoms with Crippen molar-refractivity contribution in [2.24, 2.45) is 0 Å². The Morgan fingerprint density at radius 2 is 1.91 bits per heavy atom. The lowest BCUT2D eigenvalue weighted by atomic mass is 10.1. The van der Waals surface area contributed by atoms with E-state index in [9.17, 15) is 9.59 Å². The number of hydrogen-bond acceptors (Lipinski definition) is 5. The van der Waals surface area contributed by atoms with Crippen molar-refractivity contribution in [3.63, 3.8) is 0 Å². The molecular weight excluding hydrogens is 288 g/mol. The highest BCUT2D eigenvalue weighted by Crippen LogP contribution is 2.40. The van der Waals surface area contributed by atoms with Crippen LogP contribution in [-0.2, 0) is 4.79 Å². The zero-order valence-corrected chi connectivity index (χ0v) is 12.7. The number of fused-ring (bicyclic) bond motifs is 1. The standard InChI is InChI=1S/C15H20N2O5/c1-10(18)16-4-3-5-17-15(19)11-8-12(20-2)14-13(9-11)21-6-7-22-14/h8-9H,3-7H2,1-2H3,(H,16,18)(H,17,19). The lowest BCUT2D eigenvalue weighted by Gasteiger charge is -2.21. The van der Waals surface area contributed by atoms with Gasteiger partial charge in [-0.15, -0.1) is 0 Å². The second-order valence-corrected chi connectivity index (χ2v) is 4.80. The Kier molecular flexibility index (Phi) is 5.46. The number of carbonyl (C=O) groups is 2. The van der Waals surface area contributed by atoms with Gasteiger partial charge in [-0.1, -0.05) is 0 Å². The second kappa shape index (κ2) is 7.53. The molecule has 2 N–H and O–H groups in total. The molecular formula is C15H20N2O5. The lowest BCUT2D eigenvalue weighted by Crippen LogP contribution is -2.29. The molecule has 1 aromatic carbocycles.